The van der Waals surface area contributed by atoms with Crippen molar-refractivity contribution in [1.82, 2.24) is 4.98 Å². The van der Waals surface area contributed by atoms with E-state index in [4.69, 9.17) is 16.7 Å². The summed E-state index contributed by atoms with van der Waals surface area (Å²) >= 11 is 7.98. The van der Waals surface area contributed by atoms with Gasteiger partial charge in [0.25, 0.3) is 0 Å². The van der Waals surface area contributed by atoms with Crippen molar-refractivity contribution in [3.63, 3.8) is 0 Å². The third-order valence-corrected chi connectivity index (χ3v) is 4.64. The number of aliphatic hydroxyl groups is 1. The molecule has 0 amide bonds. The minimum absolute atomic E-state index is 0.0256. The van der Waals surface area contributed by atoms with Crippen LogP contribution in [0.1, 0.15) is 5.56 Å². The molecule has 0 saturated carbocycles. The van der Waals surface area contributed by atoms with Crippen molar-refractivity contribution in [1.29, 1.82) is 0 Å². The molecule has 0 aliphatic carbocycles. The number of rotatable bonds is 3. The Morgan fingerprint density at radius 3 is 2.55 bits per heavy atom. The third kappa shape index (κ3) is 2.75. The molecule has 6 heteroatoms. The lowest BCUT2D eigenvalue weighted by molar-refractivity contribution is 0.282. The number of piperazine rings is 1. The molecule has 0 atom stereocenters. The van der Waals surface area contributed by atoms with Crippen LogP contribution in [0.5, 0.6) is 0 Å². The van der Waals surface area contributed by atoms with Crippen molar-refractivity contribution in [3.8, 4) is 0 Å². The normalized spacial score (nSPS) is 15.7. The molecule has 106 valence electrons. The Bertz CT molecular complexity index is 568. The van der Waals surface area contributed by atoms with Gasteiger partial charge in [0, 0.05) is 37.8 Å². The number of halogens is 1. The second-order valence-electron chi connectivity index (χ2n) is 4.73. The van der Waals surface area contributed by atoms with Crippen molar-refractivity contribution in [2.75, 3.05) is 36.0 Å². The highest BCUT2D eigenvalue weighted by molar-refractivity contribution is 7.13. The number of aliphatic hydroxyl groups excluding tert-OH is 1. The quantitative estimate of drug-likeness (QED) is 0.946. The van der Waals surface area contributed by atoms with E-state index in [0.717, 1.165) is 42.6 Å². The molecule has 2 aromatic rings. The summed E-state index contributed by atoms with van der Waals surface area (Å²) in [6.07, 6.45) is 1.84. The molecule has 0 radical (unpaired) electrons. The summed E-state index contributed by atoms with van der Waals surface area (Å²) in [5.74, 6) is 0. The maximum atomic E-state index is 9.12. The van der Waals surface area contributed by atoms with E-state index in [1.54, 1.807) is 11.3 Å². The van der Waals surface area contributed by atoms with Crippen LogP contribution in [0.15, 0.2) is 29.8 Å². The Labute approximate surface area is 127 Å². The van der Waals surface area contributed by atoms with Gasteiger partial charge in [0.15, 0.2) is 5.13 Å². The molecule has 1 aliphatic heterocycles. The molecule has 1 fully saturated rings. The summed E-state index contributed by atoms with van der Waals surface area (Å²) in [5.41, 5.74) is 1.89. The van der Waals surface area contributed by atoms with Gasteiger partial charge in [0.05, 0.1) is 17.3 Å². The molecule has 0 bridgehead atoms. The van der Waals surface area contributed by atoms with Crippen LogP contribution in [0, 0.1) is 0 Å². The van der Waals surface area contributed by atoms with Crippen molar-refractivity contribution in [3.05, 3.63) is 40.4 Å². The fourth-order valence-corrected chi connectivity index (χ4v) is 3.44. The molecule has 0 spiro atoms. The van der Waals surface area contributed by atoms with Crippen molar-refractivity contribution in [2.45, 2.75) is 6.61 Å². The van der Waals surface area contributed by atoms with Crippen molar-refractivity contribution < 1.29 is 5.11 Å². The molecular weight excluding hydrogens is 294 g/mol. The maximum absolute atomic E-state index is 9.12. The summed E-state index contributed by atoms with van der Waals surface area (Å²) in [5, 5.41) is 12.9. The second kappa shape index (κ2) is 5.99. The number of anilines is 2. The first-order chi connectivity index (χ1) is 9.78. The average Bonchev–Trinajstić information content (AvgIpc) is 3.01. The van der Waals surface area contributed by atoms with Crippen LogP contribution in [-0.2, 0) is 6.61 Å². The van der Waals surface area contributed by atoms with Crippen LogP contribution in [0.2, 0.25) is 5.02 Å². The van der Waals surface area contributed by atoms with Gasteiger partial charge in [0.1, 0.15) is 0 Å². The van der Waals surface area contributed by atoms with E-state index in [9.17, 15) is 0 Å². The Morgan fingerprint density at radius 1 is 1.20 bits per heavy atom. The molecule has 0 unspecified atom stereocenters. The van der Waals surface area contributed by atoms with Crippen LogP contribution >= 0.6 is 22.9 Å². The largest absolute Gasteiger partial charge is 0.392 e. The summed E-state index contributed by atoms with van der Waals surface area (Å²) in [6, 6.07) is 5.76. The van der Waals surface area contributed by atoms with E-state index in [-0.39, 0.29) is 6.61 Å². The lowest BCUT2D eigenvalue weighted by Gasteiger charge is -2.36. The molecule has 2 heterocycles. The van der Waals surface area contributed by atoms with E-state index >= 15 is 0 Å². The highest BCUT2D eigenvalue weighted by Gasteiger charge is 2.20. The topological polar surface area (TPSA) is 39.6 Å². The number of hydrogen-bond donors (Lipinski definition) is 1. The van der Waals surface area contributed by atoms with Crippen LogP contribution < -0.4 is 9.80 Å². The number of hydrogen-bond acceptors (Lipinski definition) is 5. The van der Waals surface area contributed by atoms with Gasteiger partial charge in [-0.15, -0.1) is 11.3 Å². The van der Waals surface area contributed by atoms with Gasteiger partial charge in [-0.2, -0.15) is 0 Å². The van der Waals surface area contributed by atoms with Gasteiger partial charge < -0.3 is 14.9 Å². The maximum Gasteiger partial charge on any atom is 0.185 e. The minimum Gasteiger partial charge on any atom is -0.392 e. The number of nitrogens with zero attached hydrogens (tertiary/aromatic N) is 3. The second-order valence-corrected chi connectivity index (χ2v) is 6.01. The van der Waals surface area contributed by atoms with Crippen LogP contribution in [0.4, 0.5) is 10.8 Å². The number of benzene rings is 1. The Morgan fingerprint density at radius 2 is 1.95 bits per heavy atom. The molecule has 1 N–H and O–H groups in total. The van der Waals surface area contributed by atoms with Crippen LogP contribution in [-0.4, -0.2) is 36.3 Å². The zero-order valence-corrected chi connectivity index (χ0v) is 12.6. The van der Waals surface area contributed by atoms with E-state index in [2.05, 4.69) is 14.8 Å². The average molecular weight is 310 g/mol. The monoisotopic (exact) mass is 309 g/mol. The summed E-state index contributed by atoms with van der Waals surface area (Å²) in [7, 11) is 0. The first-order valence-corrected chi connectivity index (χ1v) is 7.82. The van der Waals surface area contributed by atoms with Gasteiger partial charge in [-0.1, -0.05) is 17.7 Å². The summed E-state index contributed by atoms with van der Waals surface area (Å²) < 4.78 is 0. The molecule has 1 aliphatic rings. The van der Waals surface area contributed by atoms with Crippen molar-refractivity contribution in [2.24, 2.45) is 0 Å². The first kappa shape index (κ1) is 13.7. The van der Waals surface area contributed by atoms with E-state index in [1.165, 1.54) is 0 Å². The minimum atomic E-state index is 0.0256. The van der Waals surface area contributed by atoms with E-state index < -0.39 is 0 Å². The fourth-order valence-electron chi connectivity index (χ4n) is 2.42. The van der Waals surface area contributed by atoms with Gasteiger partial charge >= 0.3 is 0 Å². The molecule has 4 nitrogen and oxygen atoms in total. The SMILES string of the molecule is OCc1ccc(N2CCN(c3nccs3)CC2)c(Cl)c1. The smallest absolute Gasteiger partial charge is 0.185 e. The molecule has 3 rings (SSSR count). The van der Waals surface area contributed by atoms with Gasteiger partial charge in [0.2, 0.25) is 0 Å². The highest BCUT2D eigenvalue weighted by Crippen LogP contribution is 2.29. The van der Waals surface area contributed by atoms with Gasteiger partial charge in [-0.05, 0) is 17.7 Å². The first-order valence-electron chi connectivity index (χ1n) is 6.56. The predicted octanol–water partition coefficient (Wildman–Crippen LogP) is 2.62. The van der Waals surface area contributed by atoms with Gasteiger partial charge in [-0.3, -0.25) is 0 Å². The Kier molecular flexibility index (Phi) is 4.10. The van der Waals surface area contributed by atoms with E-state index in [0.29, 0.717) is 5.02 Å². The standard InChI is InChI=1S/C14H16ClN3OS/c15-12-9-11(10-19)1-2-13(12)17-4-6-18(7-5-17)14-16-3-8-20-14/h1-3,8-9,19H,4-7,10H2. The number of thiazole rings is 1. The lowest BCUT2D eigenvalue weighted by atomic mass is 10.2. The van der Waals surface area contributed by atoms with Crippen LogP contribution in [0.25, 0.3) is 0 Å². The third-order valence-electron chi connectivity index (χ3n) is 3.50. The molecule has 1 aromatic heterocycles. The van der Waals surface area contributed by atoms with E-state index in [1.807, 2.05) is 29.8 Å². The number of aromatic nitrogens is 1. The Balaban J connectivity index is 1.69. The zero-order valence-electron chi connectivity index (χ0n) is 11.0. The summed E-state index contributed by atoms with van der Waals surface area (Å²) in [6.45, 7) is 3.78. The molecule has 1 saturated heterocycles. The van der Waals surface area contributed by atoms with Gasteiger partial charge in [-0.25, -0.2) is 4.98 Å². The summed E-state index contributed by atoms with van der Waals surface area (Å²) in [4.78, 5) is 8.94. The van der Waals surface area contributed by atoms with Crippen molar-refractivity contribution >= 4 is 33.8 Å². The molecule has 20 heavy (non-hydrogen) atoms. The Hall–Kier alpha value is -1.30. The van der Waals surface area contributed by atoms with Crippen LogP contribution in [0.3, 0.4) is 0 Å². The molecular formula is C14H16ClN3OS. The zero-order chi connectivity index (χ0) is 13.9. The fraction of sp³-hybridized carbons (Fsp3) is 0.357. The lowest BCUT2D eigenvalue weighted by Crippen LogP contribution is -2.46. The highest BCUT2D eigenvalue weighted by atomic mass is 35.5. The molecule has 1 aromatic carbocycles. The predicted molar refractivity (Wildman–Crippen MR) is 83.9 cm³/mol.